The van der Waals surface area contributed by atoms with Crippen molar-refractivity contribution in [3.05, 3.63) is 48.0 Å². The second kappa shape index (κ2) is 5.49. The Bertz CT molecular complexity index is 749. The summed E-state index contributed by atoms with van der Waals surface area (Å²) in [6.45, 7) is 2.21. The molecule has 2 heteroatoms. The first kappa shape index (κ1) is 12.9. The van der Waals surface area contributed by atoms with E-state index in [0.29, 0.717) is 5.88 Å². The highest BCUT2D eigenvalue weighted by atomic mass is 16.5. The fourth-order valence-electron chi connectivity index (χ4n) is 2.69. The lowest BCUT2D eigenvalue weighted by molar-refractivity contribution is 0.405. The Hall–Kier alpha value is -2.09. The van der Waals surface area contributed by atoms with Gasteiger partial charge in [0.15, 0.2) is 0 Å². The Morgan fingerprint density at radius 1 is 1.15 bits per heavy atom. The van der Waals surface area contributed by atoms with E-state index in [1.807, 2.05) is 18.2 Å². The van der Waals surface area contributed by atoms with Gasteiger partial charge in [0.1, 0.15) is 0 Å². The van der Waals surface area contributed by atoms with Crippen molar-refractivity contribution in [2.24, 2.45) is 0 Å². The molecule has 0 radical (unpaired) electrons. The third-order valence-electron chi connectivity index (χ3n) is 3.68. The summed E-state index contributed by atoms with van der Waals surface area (Å²) in [5.74, 6) is 0.695. The lowest BCUT2D eigenvalue weighted by atomic mass is 9.98. The van der Waals surface area contributed by atoms with Crippen LogP contribution >= 0.6 is 0 Å². The monoisotopic (exact) mass is 264 g/mol. The van der Waals surface area contributed by atoms with Gasteiger partial charge < -0.3 is 4.74 Å². The molecule has 0 N–H and O–H groups in total. The number of nitrogens with zero attached hydrogens (tertiary/aromatic N) is 1. The number of aryl methyl sites for hydroxylation is 1. The van der Waals surface area contributed by atoms with Crippen LogP contribution in [0.3, 0.4) is 0 Å². The zero-order chi connectivity index (χ0) is 13.9. The summed E-state index contributed by atoms with van der Waals surface area (Å²) in [6.07, 6.45) is 3.41. The van der Waals surface area contributed by atoms with E-state index in [2.05, 4.69) is 36.2 Å². The zero-order valence-electron chi connectivity index (χ0n) is 11.9. The van der Waals surface area contributed by atoms with Crippen LogP contribution in [0.15, 0.2) is 36.4 Å². The maximum absolute atomic E-state index is 5.44. The summed E-state index contributed by atoms with van der Waals surface area (Å²) in [5, 5.41) is 3.49. The van der Waals surface area contributed by atoms with Crippen molar-refractivity contribution in [3.63, 3.8) is 0 Å². The van der Waals surface area contributed by atoms with Crippen LogP contribution in [0.2, 0.25) is 0 Å². The molecule has 0 aliphatic carbocycles. The predicted molar refractivity (Wildman–Crippen MR) is 83.2 cm³/mol. The summed E-state index contributed by atoms with van der Waals surface area (Å²) in [6, 6.07) is 15.7. The van der Waals surface area contributed by atoms with Gasteiger partial charge in [0.25, 0.3) is 0 Å². The summed E-state index contributed by atoms with van der Waals surface area (Å²) in [7, 11) is 1.67. The van der Waals surface area contributed by atoms with Crippen LogP contribution in [0.1, 0.15) is 25.3 Å². The highest BCUT2D eigenvalue weighted by molar-refractivity contribution is 6.09. The molecule has 0 saturated carbocycles. The second-order valence-electron chi connectivity index (χ2n) is 4.99. The molecule has 0 aliphatic rings. The van der Waals surface area contributed by atoms with Crippen LogP contribution in [0.4, 0.5) is 0 Å². The van der Waals surface area contributed by atoms with Crippen molar-refractivity contribution in [1.82, 2.24) is 4.98 Å². The first-order valence-corrected chi connectivity index (χ1v) is 7.11. The van der Waals surface area contributed by atoms with Crippen molar-refractivity contribution in [3.8, 4) is 5.88 Å². The molecule has 3 rings (SSSR count). The quantitative estimate of drug-likeness (QED) is 0.510. The lowest BCUT2D eigenvalue weighted by Crippen LogP contribution is -1.94. The van der Waals surface area contributed by atoms with Gasteiger partial charge in [-0.3, -0.25) is 0 Å². The van der Waals surface area contributed by atoms with Crippen molar-refractivity contribution >= 4 is 21.7 Å². The molecule has 2 nitrogen and oxygen atoms in total. The molecule has 0 atom stereocenters. The van der Waals surface area contributed by atoms with Crippen molar-refractivity contribution in [2.75, 3.05) is 7.11 Å². The van der Waals surface area contributed by atoms with Gasteiger partial charge in [-0.25, -0.2) is 4.98 Å². The minimum Gasteiger partial charge on any atom is -0.481 e. The normalized spacial score (nSPS) is 11.1. The molecule has 3 aromatic rings. The Morgan fingerprint density at radius 2 is 1.95 bits per heavy atom. The lowest BCUT2D eigenvalue weighted by Gasteiger charge is -2.18. The fourth-order valence-corrected chi connectivity index (χ4v) is 2.69. The van der Waals surface area contributed by atoms with Crippen LogP contribution in [0.5, 0.6) is 5.88 Å². The molecule has 0 amide bonds. The molecule has 102 valence electrons. The van der Waals surface area contributed by atoms with Gasteiger partial charge in [-0.1, -0.05) is 61.2 Å². The van der Waals surface area contributed by atoms with Gasteiger partial charge in [0.05, 0.1) is 7.11 Å². The Kier molecular flexibility index (Phi) is 3.55. The van der Waals surface area contributed by atoms with Gasteiger partial charge in [0, 0.05) is 5.39 Å². The molecule has 0 unspecified atom stereocenters. The Balaban J connectivity index is 2.36. The van der Waals surface area contributed by atoms with Gasteiger partial charge in [-0.15, -0.1) is 6.07 Å². The van der Waals surface area contributed by atoms with Crippen LogP contribution < -0.4 is 4.74 Å². The predicted octanol–water partition coefficient (Wildman–Crippen LogP) is 4.54. The highest BCUT2D eigenvalue weighted by Crippen LogP contribution is 2.32. The Morgan fingerprint density at radius 3 is 2.70 bits per heavy atom. The minimum atomic E-state index is 0.695. The number of methoxy groups -OCH3 is 1. The largest absolute Gasteiger partial charge is 0.481 e. The van der Waals surface area contributed by atoms with Gasteiger partial charge >= 0.3 is 0 Å². The number of unbranched alkanes of at least 4 members (excludes halogenated alkanes) is 1. The van der Waals surface area contributed by atoms with E-state index < -0.39 is 0 Å². The molecule has 2 aromatic carbocycles. The van der Waals surface area contributed by atoms with Crippen molar-refractivity contribution < 1.29 is 4.74 Å². The number of ether oxygens (including phenoxy) is 1. The van der Waals surface area contributed by atoms with E-state index in [4.69, 9.17) is 4.74 Å². The maximum Gasteiger partial charge on any atom is 0.218 e. The third-order valence-corrected chi connectivity index (χ3v) is 3.68. The second-order valence-corrected chi connectivity index (χ2v) is 4.99. The zero-order valence-corrected chi connectivity index (χ0v) is 11.9. The number of hydrogen-bond donors (Lipinski definition) is 0. The van der Waals surface area contributed by atoms with Gasteiger partial charge in [0.2, 0.25) is 5.88 Å². The number of aromatic nitrogens is 1. The standard InChI is InChI=1S/C18H18NO/c1-3-4-8-13-9-7-12-16-17(13)14-10-5-6-11-15(14)18(19-16)20-2/h5-7,10-12H,3-4,8H2,1-2H3/q-1. The fraction of sp³-hybridized carbons (Fsp3) is 0.278. The van der Waals surface area contributed by atoms with E-state index in [-0.39, 0.29) is 0 Å². The van der Waals surface area contributed by atoms with Crippen LogP contribution in [-0.2, 0) is 6.42 Å². The Labute approximate surface area is 119 Å². The third kappa shape index (κ3) is 2.11. The molecule has 0 spiro atoms. The van der Waals surface area contributed by atoms with Crippen molar-refractivity contribution in [1.29, 1.82) is 0 Å². The number of rotatable bonds is 4. The van der Waals surface area contributed by atoms with Gasteiger partial charge in [-0.05, 0) is 5.52 Å². The summed E-state index contributed by atoms with van der Waals surface area (Å²) in [5.41, 5.74) is 2.25. The molecule has 0 aliphatic heterocycles. The molecule has 0 saturated heterocycles. The number of hydrogen-bond acceptors (Lipinski definition) is 2. The molecule has 0 bridgehead atoms. The first-order valence-electron chi connectivity index (χ1n) is 7.11. The number of pyridine rings is 1. The van der Waals surface area contributed by atoms with E-state index in [0.717, 1.165) is 17.3 Å². The van der Waals surface area contributed by atoms with Crippen LogP contribution in [0, 0.1) is 6.07 Å². The highest BCUT2D eigenvalue weighted by Gasteiger charge is 2.05. The molecular weight excluding hydrogens is 246 g/mol. The van der Waals surface area contributed by atoms with E-state index >= 15 is 0 Å². The number of benzene rings is 2. The van der Waals surface area contributed by atoms with Crippen LogP contribution in [0.25, 0.3) is 21.7 Å². The summed E-state index contributed by atoms with van der Waals surface area (Å²) >= 11 is 0. The molecule has 1 heterocycles. The first-order chi connectivity index (χ1) is 9.85. The minimum absolute atomic E-state index is 0.695. The topological polar surface area (TPSA) is 22.1 Å². The van der Waals surface area contributed by atoms with Crippen LogP contribution in [-0.4, -0.2) is 12.1 Å². The summed E-state index contributed by atoms with van der Waals surface area (Å²) < 4.78 is 5.44. The number of fused-ring (bicyclic) bond motifs is 3. The molecule has 20 heavy (non-hydrogen) atoms. The van der Waals surface area contributed by atoms with E-state index in [9.17, 15) is 0 Å². The van der Waals surface area contributed by atoms with E-state index in [1.54, 1.807) is 7.11 Å². The maximum atomic E-state index is 5.44. The van der Waals surface area contributed by atoms with E-state index in [1.165, 1.54) is 29.2 Å². The van der Waals surface area contributed by atoms with Crippen molar-refractivity contribution in [2.45, 2.75) is 26.2 Å². The average molecular weight is 264 g/mol. The van der Waals surface area contributed by atoms with Gasteiger partial charge in [-0.2, -0.15) is 17.7 Å². The molecular formula is C18H18NO-. The molecule has 0 fully saturated rings. The summed E-state index contributed by atoms with van der Waals surface area (Å²) in [4.78, 5) is 4.65. The molecule has 1 aromatic heterocycles. The smallest absolute Gasteiger partial charge is 0.218 e. The average Bonchev–Trinajstić information content (AvgIpc) is 2.51. The SMILES string of the molecule is CCCCc1[c-]ccc2nc(OC)c3ccccc3c12.